The van der Waals surface area contributed by atoms with Crippen LogP contribution in [0.25, 0.3) is 0 Å². The molecule has 2 saturated heterocycles. The van der Waals surface area contributed by atoms with Gasteiger partial charge in [0.2, 0.25) is 0 Å². The Morgan fingerprint density at radius 1 is 1.04 bits per heavy atom. The van der Waals surface area contributed by atoms with Gasteiger partial charge in [0.25, 0.3) is 5.91 Å². The van der Waals surface area contributed by atoms with Gasteiger partial charge in [0.05, 0.1) is 5.69 Å². The molecule has 2 heterocycles. The monoisotopic (exact) mass is 478 g/mol. The number of amides is 3. The molecule has 2 aromatic rings. The lowest BCUT2D eigenvalue weighted by atomic mass is 9.78. The number of imide groups is 1. The summed E-state index contributed by atoms with van der Waals surface area (Å²) in [6.45, 7) is 0. The van der Waals surface area contributed by atoms with Crippen LogP contribution in [0.5, 0.6) is 0 Å². The van der Waals surface area contributed by atoms with Crippen molar-refractivity contribution in [2.45, 2.75) is 37.3 Å². The molecule has 2 bridgehead atoms. The number of halogens is 3. The highest BCUT2D eigenvalue weighted by molar-refractivity contribution is 9.10. The maximum Gasteiger partial charge on any atom is 0.332 e. The lowest BCUT2D eigenvalue weighted by Gasteiger charge is -2.38. The van der Waals surface area contributed by atoms with Gasteiger partial charge in [-0.25, -0.2) is 9.69 Å². The molecule has 3 atom stereocenters. The van der Waals surface area contributed by atoms with Gasteiger partial charge in [-0.2, -0.15) is 0 Å². The topological polar surface area (TPSA) is 40.6 Å². The molecular weight excluding hydrogens is 463 g/mol. The number of hydrogen-bond acceptors (Lipinski definition) is 2. The second kappa shape index (κ2) is 6.48. The van der Waals surface area contributed by atoms with Crippen LogP contribution in [0.1, 0.15) is 24.8 Å². The maximum atomic E-state index is 13.8. The fourth-order valence-corrected chi connectivity index (χ4v) is 6.03. The Morgan fingerprint density at radius 3 is 2.39 bits per heavy atom. The van der Waals surface area contributed by atoms with E-state index in [4.69, 9.17) is 23.2 Å². The van der Waals surface area contributed by atoms with Crippen LogP contribution in [-0.2, 0) is 11.2 Å². The van der Waals surface area contributed by atoms with Crippen LogP contribution in [0, 0.1) is 5.92 Å². The summed E-state index contributed by atoms with van der Waals surface area (Å²) >= 11 is 15.7. The molecule has 144 valence electrons. The number of benzene rings is 2. The van der Waals surface area contributed by atoms with Gasteiger partial charge in [-0.15, -0.1) is 0 Å². The molecule has 1 saturated carbocycles. The van der Waals surface area contributed by atoms with Crippen molar-refractivity contribution in [1.82, 2.24) is 4.90 Å². The smallest absolute Gasteiger partial charge is 0.306 e. The molecule has 1 aliphatic carbocycles. The van der Waals surface area contributed by atoms with Gasteiger partial charge >= 0.3 is 6.03 Å². The van der Waals surface area contributed by atoms with E-state index in [0.29, 0.717) is 22.2 Å². The van der Waals surface area contributed by atoms with Crippen molar-refractivity contribution in [3.63, 3.8) is 0 Å². The number of rotatable bonds is 3. The van der Waals surface area contributed by atoms with E-state index in [1.54, 1.807) is 18.2 Å². The van der Waals surface area contributed by atoms with Crippen molar-refractivity contribution in [3.8, 4) is 0 Å². The van der Waals surface area contributed by atoms with Gasteiger partial charge in [-0.05, 0) is 61.1 Å². The van der Waals surface area contributed by atoms with Gasteiger partial charge in [-0.3, -0.25) is 4.79 Å². The van der Waals surface area contributed by atoms with E-state index >= 15 is 0 Å². The Morgan fingerprint density at radius 2 is 1.71 bits per heavy atom. The van der Waals surface area contributed by atoms with E-state index in [0.717, 1.165) is 29.3 Å². The number of urea groups is 1. The zero-order chi connectivity index (χ0) is 19.6. The molecule has 3 aliphatic rings. The third-order valence-electron chi connectivity index (χ3n) is 6.34. The van der Waals surface area contributed by atoms with E-state index in [9.17, 15) is 9.59 Å². The van der Waals surface area contributed by atoms with Gasteiger partial charge in [0.1, 0.15) is 5.54 Å². The largest absolute Gasteiger partial charge is 0.332 e. The normalized spacial score (nSPS) is 28.4. The van der Waals surface area contributed by atoms with Crippen LogP contribution in [0.4, 0.5) is 10.5 Å². The molecule has 4 nitrogen and oxygen atoms in total. The number of anilines is 1. The Balaban J connectivity index is 1.61. The number of piperidine rings is 1. The summed E-state index contributed by atoms with van der Waals surface area (Å²) in [5, 5.41) is 0.806. The summed E-state index contributed by atoms with van der Waals surface area (Å²) < 4.78 is 0.988. The first kappa shape index (κ1) is 18.5. The van der Waals surface area contributed by atoms with Crippen LogP contribution in [0.2, 0.25) is 10.0 Å². The van der Waals surface area contributed by atoms with Crippen molar-refractivity contribution < 1.29 is 9.59 Å². The Kier molecular flexibility index (Phi) is 4.27. The summed E-state index contributed by atoms with van der Waals surface area (Å²) in [7, 11) is 0. The highest BCUT2D eigenvalue weighted by Crippen LogP contribution is 2.55. The summed E-state index contributed by atoms with van der Waals surface area (Å²) in [6.07, 6.45) is 3.35. The van der Waals surface area contributed by atoms with Crippen molar-refractivity contribution in [1.29, 1.82) is 0 Å². The molecule has 2 aromatic carbocycles. The van der Waals surface area contributed by atoms with Crippen molar-refractivity contribution in [3.05, 3.63) is 62.5 Å². The maximum absolute atomic E-state index is 13.8. The molecule has 28 heavy (non-hydrogen) atoms. The molecule has 5 rings (SSSR count). The second-order valence-electron chi connectivity index (χ2n) is 7.81. The zero-order valence-electron chi connectivity index (χ0n) is 14.9. The average Bonchev–Trinajstić information content (AvgIpc) is 3.28. The minimum Gasteiger partial charge on any atom is -0.306 e. The predicted octanol–water partition coefficient (Wildman–Crippen LogP) is 5.69. The average molecular weight is 480 g/mol. The number of nitrogens with zero attached hydrogens (tertiary/aromatic N) is 2. The van der Waals surface area contributed by atoms with E-state index in [1.165, 1.54) is 4.90 Å². The van der Waals surface area contributed by atoms with Crippen LogP contribution >= 0.6 is 39.1 Å². The molecular formula is C21H17BrCl2N2O2. The van der Waals surface area contributed by atoms with E-state index in [2.05, 4.69) is 15.9 Å². The van der Waals surface area contributed by atoms with Crippen LogP contribution in [0.3, 0.4) is 0 Å². The molecule has 0 radical (unpaired) electrons. The first-order valence-electron chi connectivity index (χ1n) is 9.28. The van der Waals surface area contributed by atoms with E-state index < -0.39 is 5.54 Å². The molecule has 7 heteroatoms. The highest BCUT2D eigenvalue weighted by atomic mass is 79.9. The molecule has 0 N–H and O–H groups in total. The number of carbonyl (C=O) groups excluding carboxylic acids is 2. The standard InChI is InChI=1S/C21H17BrCl2N2O2/c22-14-4-1-12(2-5-14)11-21-13-3-6-17(7-13)26(21)20(28)25(19(21)27)18-9-15(23)8-16(24)10-18/h1-2,4-5,8-10,13,17H,3,6-7,11H2/t13?,17?,21-/m0/s1. The lowest BCUT2D eigenvalue weighted by Crippen LogP contribution is -2.55. The zero-order valence-corrected chi connectivity index (χ0v) is 18.0. The van der Waals surface area contributed by atoms with Gasteiger partial charge in [0.15, 0.2) is 0 Å². The van der Waals surface area contributed by atoms with Crippen LogP contribution < -0.4 is 4.90 Å². The number of fused-ring (bicyclic) bond motifs is 5. The molecule has 0 spiro atoms. The fourth-order valence-electron chi connectivity index (χ4n) is 5.26. The fraction of sp³-hybridized carbons (Fsp3) is 0.333. The first-order valence-corrected chi connectivity index (χ1v) is 10.8. The van der Waals surface area contributed by atoms with Crippen molar-refractivity contribution >= 4 is 56.8 Å². The summed E-state index contributed by atoms with van der Waals surface area (Å²) in [6, 6.07) is 12.7. The summed E-state index contributed by atoms with van der Waals surface area (Å²) in [5.74, 6) is 0.0169. The molecule has 2 unspecified atom stereocenters. The third-order valence-corrected chi connectivity index (χ3v) is 7.30. The summed E-state index contributed by atoms with van der Waals surface area (Å²) in [4.78, 5) is 30.3. The molecule has 0 aromatic heterocycles. The third kappa shape index (κ3) is 2.56. The molecule has 2 aliphatic heterocycles. The van der Waals surface area contributed by atoms with Gasteiger partial charge in [0, 0.05) is 27.0 Å². The minimum atomic E-state index is -0.817. The quantitative estimate of drug-likeness (QED) is 0.530. The predicted molar refractivity (Wildman–Crippen MR) is 113 cm³/mol. The van der Waals surface area contributed by atoms with Gasteiger partial charge < -0.3 is 4.90 Å². The minimum absolute atomic E-state index is 0.122. The molecule has 3 fully saturated rings. The van der Waals surface area contributed by atoms with E-state index in [1.807, 2.05) is 29.2 Å². The number of carbonyl (C=O) groups is 2. The van der Waals surface area contributed by atoms with Crippen LogP contribution in [0.15, 0.2) is 46.9 Å². The first-order chi connectivity index (χ1) is 13.4. The van der Waals surface area contributed by atoms with Crippen LogP contribution in [-0.4, -0.2) is 28.4 Å². The molecule has 3 amide bonds. The van der Waals surface area contributed by atoms with Gasteiger partial charge in [-0.1, -0.05) is 51.3 Å². The number of hydrogen-bond donors (Lipinski definition) is 0. The van der Waals surface area contributed by atoms with Crippen molar-refractivity contribution in [2.75, 3.05) is 4.90 Å². The second-order valence-corrected chi connectivity index (χ2v) is 9.60. The lowest BCUT2D eigenvalue weighted by molar-refractivity contribution is -0.127. The Bertz CT molecular complexity index is 976. The Labute approximate surface area is 181 Å². The highest BCUT2D eigenvalue weighted by Gasteiger charge is 2.69. The Hall–Kier alpha value is -1.56. The summed E-state index contributed by atoms with van der Waals surface area (Å²) in [5.41, 5.74) is 0.673. The SMILES string of the molecule is O=C1N(c2cc(Cl)cc(Cl)c2)C(=O)[C@]2(Cc3ccc(Br)cc3)C3CCC(C3)N12. The van der Waals surface area contributed by atoms with E-state index in [-0.39, 0.29) is 23.9 Å². The van der Waals surface area contributed by atoms with Crippen molar-refractivity contribution in [2.24, 2.45) is 5.92 Å².